The van der Waals surface area contributed by atoms with Crippen LogP contribution in [0.15, 0.2) is 18.2 Å². The van der Waals surface area contributed by atoms with Gasteiger partial charge in [-0.3, -0.25) is 0 Å². The zero-order valence-electron chi connectivity index (χ0n) is 11.0. The molecule has 1 saturated carbocycles. The van der Waals surface area contributed by atoms with Crippen LogP contribution in [0.5, 0.6) is 0 Å². The molecule has 0 heterocycles. The van der Waals surface area contributed by atoms with E-state index in [4.69, 9.17) is 17.3 Å². The van der Waals surface area contributed by atoms with Crippen molar-refractivity contribution >= 4 is 17.3 Å². The third-order valence-corrected chi connectivity index (χ3v) is 4.73. The average Bonchev–Trinajstić information content (AvgIpc) is 2.53. The third kappa shape index (κ3) is 2.16. The largest absolute Gasteiger partial charge is 0.399 e. The molecule has 0 amide bonds. The van der Waals surface area contributed by atoms with Gasteiger partial charge in [0.2, 0.25) is 0 Å². The van der Waals surface area contributed by atoms with E-state index in [1.165, 1.54) is 0 Å². The lowest BCUT2D eigenvalue weighted by Crippen LogP contribution is -2.21. The van der Waals surface area contributed by atoms with E-state index in [1.54, 1.807) is 6.07 Å². The summed E-state index contributed by atoms with van der Waals surface area (Å²) in [7, 11) is 0. The molecule has 1 aliphatic rings. The maximum Gasteiger partial charge on any atom is 0.0429 e. The molecule has 0 atom stereocenters. The van der Waals surface area contributed by atoms with E-state index in [0.29, 0.717) is 21.9 Å². The first-order chi connectivity index (χ1) is 7.75. The van der Waals surface area contributed by atoms with E-state index in [0.717, 1.165) is 17.8 Å². The first-order valence-corrected chi connectivity index (χ1v) is 6.41. The standard InChI is InChI=1S/C14H21ClN2/c1-13(2)12(14(13,3)4)17-8-9-5-10(15)7-11(16)6-9/h5-7,12,17H,8,16H2,1-4H3. The highest BCUT2D eigenvalue weighted by Gasteiger charge is 2.64. The number of rotatable bonds is 3. The van der Waals surface area contributed by atoms with Crippen LogP contribution in [0.4, 0.5) is 5.69 Å². The van der Waals surface area contributed by atoms with Gasteiger partial charge in [-0.05, 0) is 34.6 Å². The Morgan fingerprint density at radius 1 is 1.18 bits per heavy atom. The first kappa shape index (κ1) is 12.7. The predicted molar refractivity (Wildman–Crippen MR) is 74.1 cm³/mol. The molecule has 0 aliphatic heterocycles. The van der Waals surface area contributed by atoms with E-state index in [1.807, 2.05) is 12.1 Å². The Balaban J connectivity index is 2.00. The topological polar surface area (TPSA) is 38.0 Å². The minimum atomic E-state index is 0.358. The number of nitrogens with one attached hydrogen (secondary N) is 1. The molecular formula is C14H21ClN2. The summed E-state index contributed by atoms with van der Waals surface area (Å²) < 4.78 is 0. The van der Waals surface area contributed by atoms with Gasteiger partial charge >= 0.3 is 0 Å². The van der Waals surface area contributed by atoms with E-state index >= 15 is 0 Å². The van der Waals surface area contributed by atoms with Crippen molar-refractivity contribution in [3.63, 3.8) is 0 Å². The summed E-state index contributed by atoms with van der Waals surface area (Å²) in [5, 5.41) is 4.30. The van der Waals surface area contributed by atoms with Gasteiger partial charge in [0.1, 0.15) is 0 Å². The normalized spacial score (nSPS) is 21.5. The molecule has 3 N–H and O–H groups in total. The monoisotopic (exact) mass is 252 g/mol. The molecule has 1 aromatic rings. The highest BCUT2D eigenvalue weighted by molar-refractivity contribution is 6.30. The third-order valence-electron chi connectivity index (χ3n) is 4.51. The minimum absolute atomic E-state index is 0.358. The van der Waals surface area contributed by atoms with Crippen molar-refractivity contribution < 1.29 is 0 Å². The molecule has 3 heteroatoms. The van der Waals surface area contributed by atoms with Gasteiger partial charge in [-0.15, -0.1) is 0 Å². The van der Waals surface area contributed by atoms with E-state index in [2.05, 4.69) is 33.0 Å². The maximum absolute atomic E-state index is 5.99. The molecule has 17 heavy (non-hydrogen) atoms. The SMILES string of the molecule is CC1(C)C(NCc2cc(N)cc(Cl)c2)C1(C)C. The van der Waals surface area contributed by atoms with Gasteiger partial charge in [0.25, 0.3) is 0 Å². The van der Waals surface area contributed by atoms with Gasteiger partial charge in [0.05, 0.1) is 0 Å². The van der Waals surface area contributed by atoms with Crippen molar-refractivity contribution in [1.29, 1.82) is 0 Å². The van der Waals surface area contributed by atoms with Crippen LogP contribution < -0.4 is 11.1 Å². The number of benzene rings is 1. The second-order valence-electron chi connectivity index (χ2n) is 6.15. The molecule has 94 valence electrons. The Morgan fingerprint density at radius 2 is 1.76 bits per heavy atom. The maximum atomic E-state index is 5.99. The first-order valence-electron chi connectivity index (χ1n) is 6.03. The van der Waals surface area contributed by atoms with Crippen LogP contribution in [0.2, 0.25) is 5.02 Å². The Labute approximate surface area is 109 Å². The molecule has 1 aliphatic carbocycles. The minimum Gasteiger partial charge on any atom is -0.399 e. The van der Waals surface area contributed by atoms with Gasteiger partial charge in [-0.1, -0.05) is 39.3 Å². The zero-order valence-corrected chi connectivity index (χ0v) is 11.7. The van der Waals surface area contributed by atoms with Crippen molar-refractivity contribution in [2.24, 2.45) is 10.8 Å². The van der Waals surface area contributed by atoms with Crippen LogP contribution in [0.1, 0.15) is 33.3 Å². The fourth-order valence-corrected chi connectivity index (χ4v) is 2.97. The predicted octanol–water partition coefficient (Wildman–Crippen LogP) is 3.45. The number of nitrogen functional groups attached to an aromatic ring is 1. The quantitative estimate of drug-likeness (QED) is 0.809. The number of anilines is 1. The van der Waals surface area contributed by atoms with E-state index < -0.39 is 0 Å². The second kappa shape index (κ2) is 3.89. The number of hydrogen-bond acceptors (Lipinski definition) is 2. The molecule has 0 radical (unpaired) electrons. The van der Waals surface area contributed by atoms with Gasteiger partial charge in [0, 0.05) is 23.3 Å². The van der Waals surface area contributed by atoms with Crippen LogP contribution in [-0.4, -0.2) is 6.04 Å². The van der Waals surface area contributed by atoms with Crippen molar-refractivity contribution in [3.8, 4) is 0 Å². The Morgan fingerprint density at radius 3 is 2.24 bits per heavy atom. The zero-order chi connectivity index (χ0) is 12.8. The molecule has 0 spiro atoms. The fourth-order valence-electron chi connectivity index (χ4n) is 2.70. The lowest BCUT2D eigenvalue weighted by atomic mass is 10.0. The van der Waals surface area contributed by atoms with Crippen LogP contribution in [0, 0.1) is 10.8 Å². The summed E-state index contributed by atoms with van der Waals surface area (Å²) in [5.74, 6) is 0. The summed E-state index contributed by atoms with van der Waals surface area (Å²) >= 11 is 5.99. The van der Waals surface area contributed by atoms with Crippen molar-refractivity contribution in [3.05, 3.63) is 28.8 Å². The second-order valence-corrected chi connectivity index (χ2v) is 6.59. The highest BCUT2D eigenvalue weighted by atomic mass is 35.5. The summed E-state index contributed by atoms with van der Waals surface area (Å²) in [5.41, 5.74) is 8.36. The van der Waals surface area contributed by atoms with Crippen molar-refractivity contribution in [2.75, 3.05) is 5.73 Å². The van der Waals surface area contributed by atoms with Crippen LogP contribution in [-0.2, 0) is 6.54 Å². The Kier molecular flexibility index (Phi) is 2.91. The molecule has 0 saturated heterocycles. The molecule has 0 unspecified atom stereocenters. The van der Waals surface area contributed by atoms with Crippen molar-refractivity contribution in [2.45, 2.75) is 40.3 Å². The molecule has 1 fully saturated rings. The lowest BCUT2D eigenvalue weighted by Gasteiger charge is -2.08. The average molecular weight is 253 g/mol. The molecule has 0 bridgehead atoms. The van der Waals surface area contributed by atoms with Crippen molar-refractivity contribution in [1.82, 2.24) is 5.32 Å². The Hall–Kier alpha value is -0.730. The number of halogens is 1. The number of nitrogens with two attached hydrogens (primary N) is 1. The molecule has 0 aromatic heterocycles. The van der Waals surface area contributed by atoms with E-state index in [9.17, 15) is 0 Å². The summed E-state index contributed by atoms with van der Waals surface area (Å²) in [6, 6.07) is 6.26. The number of hydrogen-bond donors (Lipinski definition) is 2. The Bertz CT molecular complexity index is 404. The van der Waals surface area contributed by atoms with Gasteiger partial charge < -0.3 is 11.1 Å². The summed E-state index contributed by atoms with van der Waals surface area (Å²) in [4.78, 5) is 0. The van der Waals surface area contributed by atoms with Crippen LogP contribution in [0.25, 0.3) is 0 Å². The molecule has 2 rings (SSSR count). The smallest absolute Gasteiger partial charge is 0.0429 e. The van der Waals surface area contributed by atoms with E-state index in [-0.39, 0.29) is 0 Å². The molecule has 1 aromatic carbocycles. The van der Waals surface area contributed by atoms with Gasteiger partial charge in [-0.2, -0.15) is 0 Å². The molecule has 2 nitrogen and oxygen atoms in total. The summed E-state index contributed by atoms with van der Waals surface area (Å²) in [6.07, 6.45) is 0. The van der Waals surface area contributed by atoms with Crippen LogP contribution >= 0.6 is 11.6 Å². The van der Waals surface area contributed by atoms with Gasteiger partial charge in [-0.25, -0.2) is 0 Å². The highest BCUT2D eigenvalue weighted by Crippen LogP contribution is 2.62. The van der Waals surface area contributed by atoms with Crippen LogP contribution in [0.3, 0.4) is 0 Å². The van der Waals surface area contributed by atoms with Gasteiger partial charge in [0.15, 0.2) is 0 Å². The lowest BCUT2D eigenvalue weighted by molar-refractivity contribution is 0.457. The fraction of sp³-hybridized carbons (Fsp3) is 0.571. The molecular weight excluding hydrogens is 232 g/mol. The summed E-state index contributed by atoms with van der Waals surface area (Å²) in [6.45, 7) is 10.0.